The van der Waals surface area contributed by atoms with Crippen molar-refractivity contribution in [2.45, 2.75) is 33.0 Å². The number of rotatable bonds is 8. The molecule has 1 aromatic rings. The summed E-state index contributed by atoms with van der Waals surface area (Å²) in [6, 6.07) is 7.41. The van der Waals surface area contributed by atoms with E-state index in [0.717, 1.165) is 11.1 Å². The van der Waals surface area contributed by atoms with E-state index < -0.39 is 5.97 Å². The van der Waals surface area contributed by atoms with Gasteiger partial charge in [-0.2, -0.15) is 0 Å². The van der Waals surface area contributed by atoms with Gasteiger partial charge in [0.1, 0.15) is 0 Å². The van der Waals surface area contributed by atoms with Gasteiger partial charge in [0.2, 0.25) is 0 Å². The second kappa shape index (κ2) is 7.84. The lowest BCUT2D eigenvalue weighted by molar-refractivity contribution is -0.136. The zero-order valence-electron chi connectivity index (χ0n) is 10.9. The summed E-state index contributed by atoms with van der Waals surface area (Å²) in [6.07, 6.45) is 0.285. The van der Waals surface area contributed by atoms with Crippen LogP contribution in [-0.4, -0.2) is 30.4 Å². The summed E-state index contributed by atoms with van der Waals surface area (Å²) in [7, 11) is 0. The summed E-state index contributed by atoms with van der Waals surface area (Å²) in [5.74, 6) is -0.815. The summed E-state index contributed by atoms with van der Waals surface area (Å²) in [4.78, 5) is 10.5. The molecular weight excluding hydrogens is 232 g/mol. The van der Waals surface area contributed by atoms with Crippen molar-refractivity contribution in [3.8, 4) is 0 Å². The molecule has 100 valence electrons. The minimum absolute atomic E-state index is 0.0589. The van der Waals surface area contributed by atoms with Gasteiger partial charge in [-0.05, 0) is 25.0 Å². The Labute approximate surface area is 108 Å². The van der Waals surface area contributed by atoms with Crippen LogP contribution in [0.2, 0.25) is 0 Å². The molecule has 0 aliphatic carbocycles. The van der Waals surface area contributed by atoms with Crippen LogP contribution in [-0.2, 0) is 27.3 Å². The maximum Gasteiger partial charge on any atom is 0.307 e. The van der Waals surface area contributed by atoms with Crippen LogP contribution in [0, 0.1) is 0 Å². The number of carbonyl (C=O) groups is 1. The Bertz CT molecular complexity index is 357. The molecule has 0 aromatic heterocycles. The molecule has 0 aliphatic heterocycles. The summed E-state index contributed by atoms with van der Waals surface area (Å²) >= 11 is 0. The van der Waals surface area contributed by atoms with Gasteiger partial charge >= 0.3 is 5.97 Å². The van der Waals surface area contributed by atoms with E-state index in [0.29, 0.717) is 19.8 Å². The molecule has 4 nitrogen and oxygen atoms in total. The van der Waals surface area contributed by atoms with Crippen LogP contribution >= 0.6 is 0 Å². The second-order valence-electron chi connectivity index (χ2n) is 4.36. The Balaban J connectivity index is 2.24. The average Bonchev–Trinajstić information content (AvgIpc) is 2.30. The minimum Gasteiger partial charge on any atom is -0.481 e. The molecule has 0 radical (unpaired) electrons. The van der Waals surface area contributed by atoms with Crippen molar-refractivity contribution in [1.82, 2.24) is 0 Å². The first kappa shape index (κ1) is 14.7. The summed E-state index contributed by atoms with van der Waals surface area (Å²) < 4.78 is 10.8. The largest absolute Gasteiger partial charge is 0.481 e. The third-order valence-electron chi connectivity index (χ3n) is 2.33. The van der Waals surface area contributed by atoms with Gasteiger partial charge in [-0.25, -0.2) is 0 Å². The molecule has 0 amide bonds. The van der Waals surface area contributed by atoms with E-state index in [1.165, 1.54) is 0 Å². The molecule has 0 saturated carbocycles. The Kier molecular flexibility index (Phi) is 6.39. The third kappa shape index (κ3) is 6.37. The number of hydrogen-bond acceptors (Lipinski definition) is 3. The third-order valence-corrected chi connectivity index (χ3v) is 2.33. The van der Waals surface area contributed by atoms with Crippen molar-refractivity contribution in [2.75, 3.05) is 13.2 Å². The fraction of sp³-hybridized carbons (Fsp3) is 0.500. The molecule has 0 spiro atoms. The Hall–Kier alpha value is -1.39. The molecule has 1 N–H and O–H groups in total. The molecule has 18 heavy (non-hydrogen) atoms. The fourth-order valence-corrected chi connectivity index (χ4v) is 1.46. The van der Waals surface area contributed by atoms with Gasteiger partial charge in [0.05, 0.1) is 32.3 Å². The average molecular weight is 252 g/mol. The molecule has 1 aromatic carbocycles. The van der Waals surface area contributed by atoms with E-state index in [-0.39, 0.29) is 12.5 Å². The molecule has 0 aliphatic rings. The quantitative estimate of drug-likeness (QED) is 0.721. The van der Waals surface area contributed by atoms with Crippen molar-refractivity contribution in [1.29, 1.82) is 0 Å². The molecule has 0 saturated heterocycles. The Morgan fingerprint density at radius 1 is 1.17 bits per heavy atom. The van der Waals surface area contributed by atoms with E-state index in [1.54, 1.807) is 0 Å². The van der Waals surface area contributed by atoms with Crippen LogP contribution in [0.1, 0.15) is 25.0 Å². The predicted octanol–water partition coefficient (Wildman–Crippen LogP) is 2.26. The zero-order valence-corrected chi connectivity index (χ0v) is 10.9. The molecule has 0 atom stereocenters. The second-order valence-corrected chi connectivity index (χ2v) is 4.36. The number of hydrogen-bond donors (Lipinski definition) is 1. The van der Waals surface area contributed by atoms with Crippen LogP contribution < -0.4 is 0 Å². The first-order chi connectivity index (χ1) is 8.58. The summed E-state index contributed by atoms with van der Waals surface area (Å²) in [6.45, 7) is 5.65. The van der Waals surface area contributed by atoms with Gasteiger partial charge < -0.3 is 14.6 Å². The monoisotopic (exact) mass is 252 g/mol. The standard InChI is InChI=1S/C14H20O4/c1-11(2)18-8-7-17-10-13-5-3-12(4-6-13)9-14(15)16/h3-6,11H,7-10H2,1-2H3,(H,15,16). The first-order valence-electron chi connectivity index (χ1n) is 6.07. The first-order valence-corrected chi connectivity index (χ1v) is 6.07. The summed E-state index contributed by atoms with van der Waals surface area (Å²) in [5.41, 5.74) is 1.84. The van der Waals surface area contributed by atoms with Crippen LogP contribution in [0.5, 0.6) is 0 Å². The number of carboxylic acids is 1. The van der Waals surface area contributed by atoms with Gasteiger partial charge in [-0.3, -0.25) is 4.79 Å². The SMILES string of the molecule is CC(C)OCCOCc1ccc(CC(=O)O)cc1. The van der Waals surface area contributed by atoms with Gasteiger partial charge in [0, 0.05) is 0 Å². The molecule has 0 heterocycles. The van der Waals surface area contributed by atoms with E-state index in [1.807, 2.05) is 38.1 Å². The van der Waals surface area contributed by atoms with E-state index in [4.69, 9.17) is 14.6 Å². The van der Waals surface area contributed by atoms with Gasteiger partial charge in [0.25, 0.3) is 0 Å². The lowest BCUT2D eigenvalue weighted by Crippen LogP contribution is -2.09. The molecule has 0 bridgehead atoms. The topological polar surface area (TPSA) is 55.8 Å². The summed E-state index contributed by atoms with van der Waals surface area (Å²) in [5, 5.41) is 8.64. The highest BCUT2D eigenvalue weighted by Crippen LogP contribution is 2.06. The van der Waals surface area contributed by atoms with Crippen molar-refractivity contribution in [3.63, 3.8) is 0 Å². The molecule has 1 rings (SSSR count). The Morgan fingerprint density at radius 2 is 1.78 bits per heavy atom. The van der Waals surface area contributed by atoms with Crippen LogP contribution in [0.15, 0.2) is 24.3 Å². The maximum absolute atomic E-state index is 10.5. The number of benzene rings is 1. The van der Waals surface area contributed by atoms with E-state index in [9.17, 15) is 4.79 Å². The lowest BCUT2D eigenvalue weighted by Gasteiger charge is -2.08. The maximum atomic E-state index is 10.5. The predicted molar refractivity (Wildman–Crippen MR) is 68.5 cm³/mol. The number of ether oxygens (including phenoxy) is 2. The van der Waals surface area contributed by atoms with Gasteiger partial charge in [-0.15, -0.1) is 0 Å². The number of carboxylic acid groups (broad SMARTS) is 1. The van der Waals surface area contributed by atoms with Crippen LogP contribution in [0.4, 0.5) is 0 Å². The van der Waals surface area contributed by atoms with Crippen molar-refractivity contribution in [2.24, 2.45) is 0 Å². The number of aliphatic carboxylic acids is 1. The molecule has 0 fully saturated rings. The lowest BCUT2D eigenvalue weighted by atomic mass is 10.1. The van der Waals surface area contributed by atoms with Crippen LogP contribution in [0.3, 0.4) is 0 Å². The molecule has 0 unspecified atom stereocenters. The van der Waals surface area contributed by atoms with E-state index >= 15 is 0 Å². The highest BCUT2D eigenvalue weighted by molar-refractivity contribution is 5.70. The smallest absolute Gasteiger partial charge is 0.307 e. The van der Waals surface area contributed by atoms with Crippen molar-refractivity contribution >= 4 is 5.97 Å². The zero-order chi connectivity index (χ0) is 13.4. The Morgan fingerprint density at radius 3 is 2.33 bits per heavy atom. The fourth-order valence-electron chi connectivity index (χ4n) is 1.46. The highest BCUT2D eigenvalue weighted by Gasteiger charge is 2.00. The van der Waals surface area contributed by atoms with Crippen molar-refractivity contribution < 1.29 is 19.4 Å². The molecular formula is C14H20O4. The van der Waals surface area contributed by atoms with Crippen molar-refractivity contribution in [3.05, 3.63) is 35.4 Å². The van der Waals surface area contributed by atoms with Gasteiger partial charge in [-0.1, -0.05) is 24.3 Å². The minimum atomic E-state index is -0.815. The normalized spacial score (nSPS) is 10.8. The van der Waals surface area contributed by atoms with Gasteiger partial charge in [0.15, 0.2) is 0 Å². The molecule has 4 heteroatoms. The highest BCUT2D eigenvalue weighted by atomic mass is 16.5. The van der Waals surface area contributed by atoms with Crippen LogP contribution in [0.25, 0.3) is 0 Å². The van der Waals surface area contributed by atoms with E-state index in [2.05, 4.69) is 0 Å².